The lowest BCUT2D eigenvalue weighted by Crippen LogP contribution is -2.47. The Balaban J connectivity index is 1.70. The Labute approximate surface area is 165 Å². The molecule has 27 heavy (non-hydrogen) atoms. The number of rotatable bonds is 4. The minimum Gasteiger partial charge on any atom is -0.354 e. The Hall–Kier alpha value is -2.67. The van der Waals surface area contributed by atoms with E-state index >= 15 is 0 Å². The zero-order valence-corrected chi connectivity index (χ0v) is 16.4. The molecule has 0 bridgehead atoms. The first-order valence-electron chi connectivity index (χ1n) is 8.67. The third-order valence-electron chi connectivity index (χ3n) is 4.46. The van der Waals surface area contributed by atoms with E-state index in [0.717, 1.165) is 10.0 Å². The first kappa shape index (κ1) is 19.1. The van der Waals surface area contributed by atoms with Crippen LogP contribution < -0.4 is 16.0 Å². The molecule has 1 unspecified atom stereocenters. The number of carbonyl (C=O) groups excluding carboxylic acids is 3. The van der Waals surface area contributed by atoms with Gasteiger partial charge >= 0.3 is 0 Å². The SMILES string of the molecule is Cc1ccc(C(=O)NC2CCC(=O)NC2)cc1NC(=O)c1ccc(Br)cc1. The van der Waals surface area contributed by atoms with E-state index in [-0.39, 0.29) is 23.8 Å². The summed E-state index contributed by atoms with van der Waals surface area (Å²) in [6, 6.07) is 12.2. The number of carbonyl (C=O) groups is 3. The Morgan fingerprint density at radius 1 is 1.07 bits per heavy atom. The molecule has 7 heteroatoms. The van der Waals surface area contributed by atoms with Gasteiger partial charge in [0, 0.05) is 40.3 Å². The lowest BCUT2D eigenvalue weighted by molar-refractivity contribution is -0.122. The third kappa shape index (κ3) is 4.95. The van der Waals surface area contributed by atoms with Crippen molar-refractivity contribution in [3.05, 3.63) is 63.6 Å². The second kappa shape index (κ2) is 8.35. The Bertz CT molecular complexity index is 871. The highest BCUT2D eigenvalue weighted by atomic mass is 79.9. The van der Waals surface area contributed by atoms with Crippen molar-refractivity contribution in [2.24, 2.45) is 0 Å². The van der Waals surface area contributed by atoms with Gasteiger partial charge in [-0.2, -0.15) is 0 Å². The summed E-state index contributed by atoms with van der Waals surface area (Å²) in [6.07, 6.45) is 1.03. The van der Waals surface area contributed by atoms with Gasteiger partial charge in [0.2, 0.25) is 5.91 Å². The van der Waals surface area contributed by atoms with Gasteiger partial charge in [-0.3, -0.25) is 14.4 Å². The van der Waals surface area contributed by atoms with Gasteiger partial charge in [0.05, 0.1) is 0 Å². The van der Waals surface area contributed by atoms with Crippen LogP contribution in [0.5, 0.6) is 0 Å². The molecule has 1 aliphatic rings. The van der Waals surface area contributed by atoms with Crippen molar-refractivity contribution in [3.63, 3.8) is 0 Å². The van der Waals surface area contributed by atoms with E-state index in [1.807, 2.05) is 6.92 Å². The normalized spacial score (nSPS) is 16.4. The van der Waals surface area contributed by atoms with Crippen molar-refractivity contribution in [2.45, 2.75) is 25.8 Å². The summed E-state index contributed by atoms with van der Waals surface area (Å²) >= 11 is 3.34. The number of halogens is 1. The van der Waals surface area contributed by atoms with Gasteiger partial charge in [0.1, 0.15) is 0 Å². The minimum absolute atomic E-state index is 0.00813. The summed E-state index contributed by atoms with van der Waals surface area (Å²) in [5, 5.41) is 8.53. The highest BCUT2D eigenvalue weighted by Crippen LogP contribution is 2.19. The van der Waals surface area contributed by atoms with Crippen molar-refractivity contribution in [1.82, 2.24) is 10.6 Å². The standard InChI is InChI=1S/C20H20BrN3O3/c1-12-2-3-14(20(27)23-16-8-9-18(25)22-11-16)10-17(12)24-19(26)13-4-6-15(21)7-5-13/h2-7,10,16H,8-9,11H2,1H3,(H,22,25)(H,23,27)(H,24,26). The molecule has 0 spiro atoms. The van der Waals surface area contributed by atoms with Crippen LogP contribution in [0.3, 0.4) is 0 Å². The molecule has 1 aliphatic heterocycles. The summed E-state index contributed by atoms with van der Waals surface area (Å²) in [7, 11) is 0. The lowest BCUT2D eigenvalue weighted by Gasteiger charge is -2.23. The number of hydrogen-bond donors (Lipinski definition) is 3. The number of aryl methyl sites for hydroxylation is 1. The van der Waals surface area contributed by atoms with E-state index in [4.69, 9.17) is 0 Å². The first-order chi connectivity index (χ1) is 12.9. The van der Waals surface area contributed by atoms with E-state index in [1.54, 1.807) is 42.5 Å². The summed E-state index contributed by atoms with van der Waals surface area (Å²) in [4.78, 5) is 36.2. The highest BCUT2D eigenvalue weighted by molar-refractivity contribution is 9.10. The van der Waals surface area contributed by atoms with Gasteiger partial charge in [-0.25, -0.2) is 0 Å². The maximum absolute atomic E-state index is 12.5. The molecule has 2 aromatic rings. The van der Waals surface area contributed by atoms with Crippen LogP contribution in [0.4, 0.5) is 5.69 Å². The zero-order valence-electron chi connectivity index (χ0n) is 14.8. The molecule has 3 N–H and O–H groups in total. The van der Waals surface area contributed by atoms with Gasteiger partial charge in [0.25, 0.3) is 11.8 Å². The second-order valence-corrected chi connectivity index (χ2v) is 7.42. The summed E-state index contributed by atoms with van der Waals surface area (Å²) in [5.41, 5.74) is 2.45. The molecule has 6 nitrogen and oxygen atoms in total. The average Bonchev–Trinajstić information content (AvgIpc) is 2.65. The van der Waals surface area contributed by atoms with Crippen LogP contribution in [0.2, 0.25) is 0 Å². The van der Waals surface area contributed by atoms with Gasteiger partial charge in [-0.15, -0.1) is 0 Å². The molecule has 140 valence electrons. The maximum Gasteiger partial charge on any atom is 0.255 e. The van der Waals surface area contributed by atoms with E-state index in [1.165, 1.54) is 0 Å². The molecule has 1 heterocycles. The van der Waals surface area contributed by atoms with Gasteiger partial charge < -0.3 is 16.0 Å². The molecule has 2 aromatic carbocycles. The van der Waals surface area contributed by atoms with Crippen LogP contribution in [0.15, 0.2) is 46.9 Å². The fraction of sp³-hybridized carbons (Fsp3) is 0.250. The number of anilines is 1. The third-order valence-corrected chi connectivity index (χ3v) is 4.98. The molecule has 3 amide bonds. The average molecular weight is 430 g/mol. The lowest BCUT2D eigenvalue weighted by atomic mass is 10.1. The van der Waals surface area contributed by atoms with Crippen molar-refractivity contribution in [2.75, 3.05) is 11.9 Å². The smallest absolute Gasteiger partial charge is 0.255 e. The predicted octanol–water partition coefficient (Wildman–Crippen LogP) is 3.02. The van der Waals surface area contributed by atoms with Crippen LogP contribution in [0.1, 0.15) is 39.1 Å². The molecule has 0 radical (unpaired) electrons. The number of nitrogens with one attached hydrogen (secondary N) is 3. The molecule has 1 fully saturated rings. The van der Waals surface area contributed by atoms with Crippen molar-refractivity contribution in [3.8, 4) is 0 Å². The molecule has 0 aliphatic carbocycles. The van der Waals surface area contributed by atoms with Crippen molar-refractivity contribution < 1.29 is 14.4 Å². The maximum atomic E-state index is 12.5. The van der Waals surface area contributed by atoms with Crippen LogP contribution in [0.25, 0.3) is 0 Å². The Morgan fingerprint density at radius 2 is 1.78 bits per heavy atom. The number of piperidine rings is 1. The van der Waals surface area contributed by atoms with Crippen LogP contribution in [-0.4, -0.2) is 30.3 Å². The van der Waals surface area contributed by atoms with Gasteiger partial charge in [0.15, 0.2) is 0 Å². The quantitative estimate of drug-likeness (QED) is 0.697. The minimum atomic E-state index is -0.238. The van der Waals surface area contributed by atoms with E-state index in [2.05, 4.69) is 31.9 Å². The summed E-state index contributed by atoms with van der Waals surface area (Å²) < 4.78 is 0.896. The summed E-state index contributed by atoms with van der Waals surface area (Å²) in [6.45, 7) is 2.30. The zero-order chi connectivity index (χ0) is 19.4. The first-order valence-corrected chi connectivity index (χ1v) is 9.47. The van der Waals surface area contributed by atoms with Crippen LogP contribution in [-0.2, 0) is 4.79 Å². The number of amides is 3. The Morgan fingerprint density at radius 3 is 2.44 bits per heavy atom. The van der Waals surface area contributed by atoms with E-state index in [9.17, 15) is 14.4 Å². The van der Waals surface area contributed by atoms with Gasteiger partial charge in [-0.1, -0.05) is 22.0 Å². The van der Waals surface area contributed by atoms with E-state index in [0.29, 0.717) is 36.2 Å². The fourth-order valence-electron chi connectivity index (χ4n) is 2.82. The number of hydrogen-bond acceptors (Lipinski definition) is 3. The Kier molecular flexibility index (Phi) is 5.91. The topological polar surface area (TPSA) is 87.3 Å². The molecular weight excluding hydrogens is 410 g/mol. The highest BCUT2D eigenvalue weighted by Gasteiger charge is 2.20. The van der Waals surface area contributed by atoms with Crippen molar-refractivity contribution in [1.29, 1.82) is 0 Å². The summed E-state index contributed by atoms with van der Waals surface area (Å²) in [5.74, 6) is -0.456. The van der Waals surface area contributed by atoms with Crippen LogP contribution in [0, 0.1) is 6.92 Å². The monoisotopic (exact) mass is 429 g/mol. The van der Waals surface area contributed by atoms with Crippen molar-refractivity contribution >= 4 is 39.3 Å². The van der Waals surface area contributed by atoms with Crippen LogP contribution >= 0.6 is 15.9 Å². The number of benzene rings is 2. The molecule has 3 rings (SSSR count). The van der Waals surface area contributed by atoms with E-state index < -0.39 is 0 Å². The molecule has 0 saturated carbocycles. The molecular formula is C20H20BrN3O3. The second-order valence-electron chi connectivity index (χ2n) is 6.50. The molecule has 0 aromatic heterocycles. The van der Waals surface area contributed by atoms with Gasteiger partial charge in [-0.05, 0) is 55.3 Å². The molecule has 1 atom stereocenters. The molecule has 1 saturated heterocycles. The fourth-order valence-corrected chi connectivity index (χ4v) is 3.08. The largest absolute Gasteiger partial charge is 0.354 e. The predicted molar refractivity (Wildman–Crippen MR) is 107 cm³/mol.